The molecule has 1 heterocycles. The van der Waals surface area contributed by atoms with E-state index in [1.54, 1.807) is 49.1 Å². The quantitative estimate of drug-likeness (QED) is 0.849. The minimum atomic E-state index is -3.40. The van der Waals surface area contributed by atoms with E-state index >= 15 is 0 Å². The van der Waals surface area contributed by atoms with Crippen LogP contribution in [0.2, 0.25) is 0 Å². The molecular weight excluding hydrogens is 371 g/mol. The monoisotopic (exact) mass is 392 g/mol. The molecule has 3 rings (SSSR count). The van der Waals surface area contributed by atoms with Gasteiger partial charge in [0.25, 0.3) is 5.91 Å². The molecule has 0 radical (unpaired) electrons. The normalized spacial score (nSPS) is 17.1. The van der Waals surface area contributed by atoms with Crippen molar-refractivity contribution in [3.63, 3.8) is 0 Å². The molecule has 1 unspecified atom stereocenters. The molecule has 1 amide bonds. The van der Waals surface area contributed by atoms with E-state index in [0.29, 0.717) is 23.5 Å². The van der Waals surface area contributed by atoms with E-state index in [0.717, 1.165) is 5.56 Å². The van der Waals surface area contributed by atoms with Crippen molar-refractivity contribution in [2.75, 3.05) is 10.5 Å². The van der Waals surface area contributed by atoms with E-state index in [1.165, 1.54) is 12.1 Å². The number of hydrogen-bond acceptors (Lipinski definition) is 4. The number of fused-ring (bicyclic) bond motifs is 1. The molecule has 8 heteroatoms. The van der Waals surface area contributed by atoms with Gasteiger partial charge in [0, 0.05) is 24.3 Å². The average Bonchev–Trinajstić information content (AvgIpc) is 2.74. The van der Waals surface area contributed by atoms with Crippen LogP contribution < -0.4 is 9.46 Å². The maximum absolute atomic E-state index is 13.1. The third-order valence-electron chi connectivity index (χ3n) is 4.32. The second-order valence-electron chi connectivity index (χ2n) is 6.41. The highest BCUT2D eigenvalue weighted by Gasteiger charge is 2.28. The van der Waals surface area contributed by atoms with Crippen molar-refractivity contribution in [2.45, 2.75) is 33.0 Å². The Morgan fingerprint density at radius 2 is 1.93 bits per heavy atom. The van der Waals surface area contributed by atoms with Crippen LogP contribution in [0.5, 0.6) is 5.75 Å². The lowest BCUT2D eigenvalue weighted by Crippen LogP contribution is -2.37. The summed E-state index contributed by atoms with van der Waals surface area (Å²) in [6, 6.07) is 10.9. The number of nitrogens with zero attached hydrogens (tertiary/aromatic N) is 1. The zero-order chi connectivity index (χ0) is 19.6. The topological polar surface area (TPSA) is 75.7 Å². The number of anilines is 1. The highest BCUT2D eigenvalue weighted by molar-refractivity contribution is 7.92. The lowest BCUT2D eigenvalue weighted by molar-refractivity contribution is -0.138. The van der Waals surface area contributed by atoms with Gasteiger partial charge >= 0.3 is 0 Å². The maximum Gasteiger partial charge on any atom is 0.263 e. The Kier molecular flexibility index (Phi) is 5.36. The predicted octanol–water partition coefficient (Wildman–Crippen LogP) is 2.90. The van der Waals surface area contributed by atoms with Crippen LogP contribution >= 0.6 is 0 Å². The van der Waals surface area contributed by atoms with Gasteiger partial charge in [-0.3, -0.25) is 9.52 Å². The first-order chi connectivity index (χ1) is 12.8. The lowest BCUT2D eigenvalue weighted by atomic mass is 10.1. The minimum absolute atomic E-state index is 0.0349. The highest BCUT2D eigenvalue weighted by atomic mass is 32.2. The van der Waals surface area contributed by atoms with Gasteiger partial charge in [-0.1, -0.05) is 12.1 Å². The van der Waals surface area contributed by atoms with Crippen LogP contribution in [0.4, 0.5) is 10.1 Å². The van der Waals surface area contributed by atoms with Gasteiger partial charge in [0.15, 0.2) is 6.10 Å². The molecule has 144 valence electrons. The van der Waals surface area contributed by atoms with Gasteiger partial charge in [-0.2, -0.15) is 0 Å². The summed E-state index contributed by atoms with van der Waals surface area (Å²) in [7, 11) is -3.40. The van der Waals surface area contributed by atoms with Gasteiger partial charge in [0.05, 0.1) is 5.75 Å². The molecule has 0 aromatic heterocycles. The van der Waals surface area contributed by atoms with E-state index in [2.05, 4.69) is 4.72 Å². The van der Waals surface area contributed by atoms with E-state index < -0.39 is 16.1 Å². The number of carbonyl (C=O) groups excluding carboxylic acids is 1. The van der Waals surface area contributed by atoms with Gasteiger partial charge < -0.3 is 9.64 Å². The van der Waals surface area contributed by atoms with E-state index in [4.69, 9.17) is 4.74 Å². The Hall–Kier alpha value is -2.61. The van der Waals surface area contributed by atoms with Gasteiger partial charge in [0.2, 0.25) is 10.0 Å². The summed E-state index contributed by atoms with van der Waals surface area (Å²) in [4.78, 5) is 14.3. The molecule has 0 fully saturated rings. The number of benzene rings is 2. The molecule has 1 aliphatic heterocycles. The fourth-order valence-corrected chi connectivity index (χ4v) is 3.49. The zero-order valence-corrected chi connectivity index (χ0v) is 15.9. The van der Waals surface area contributed by atoms with Crippen LogP contribution in [-0.2, 0) is 27.9 Å². The van der Waals surface area contributed by atoms with E-state index in [1.807, 2.05) is 0 Å². The van der Waals surface area contributed by atoms with E-state index in [9.17, 15) is 17.6 Å². The Balaban J connectivity index is 1.88. The third kappa shape index (κ3) is 4.57. The summed E-state index contributed by atoms with van der Waals surface area (Å²) < 4.78 is 45.0. The number of halogens is 1. The van der Waals surface area contributed by atoms with Crippen molar-refractivity contribution in [1.29, 1.82) is 0 Å². The average molecular weight is 392 g/mol. The van der Waals surface area contributed by atoms with Crippen molar-refractivity contribution in [2.24, 2.45) is 0 Å². The SMILES string of the molecule is CCS(=O)(=O)Nc1ccc2c(c1)CN(Cc1ccc(F)cc1)C(=O)C(C)O2. The molecule has 1 N–H and O–H groups in total. The maximum atomic E-state index is 13.1. The van der Waals surface area contributed by atoms with Gasteiger partial charge in [-0.15, -0.1) is 0 Å². The Bertz CT molecular complexity index is 945. The number of nitrogens with one attached hydrogen (secondary N) is 1. The second kappa shape index (κ2) is 7.56. The smallest absolute Gasteiger partial charge is 0.263 e. The second-order valence-corrected chi connectivity index (χ2v) is 8.42. The Morgan fingerprint density at radius 3 is 2.59 bits per heavy atom. The highest BCUT2D eigenvalue weighted by Crippen LogP contribution is 2.29. The molecule has 27 heavy (non-hydrogen) atoms. The summed E-state index contributed by atoms with van der Waals surface area (Å²) in [5.74, 6) is -0.0220. The molecule has 1 aliphatic rings. The summed E-state index contributed by atoms with van der Waals surface area (Å²) in [5, 5.41) is 0. The van der Waals surface area contributed by atoms with Crippen LogP contribution in [0.25, 0.3) is 0 Å². The largest absolute Gasteiger partial charge is 0.481 e. The lowest BCUT2D eigenvalue weighted by Gasteiger charge is -2.22. The van der Waals surface area contributed by atoms with Crippen molar-refractivity contribution in [3.05, 3.63) is 59.4 Å². The molecule has 0 bridgehead atoms. The molecule has 0 saturated heterocycles. The zero-order valence-electron chi connectivity index (χ0n) is 15.1. The fraction of sp³-hybridized carbons (Fsp3) is 0.316. The molecule has 1 atom stereocenters. The van der Waals surface area contributed by atoms with Crippen LogP contribution in [0.3, 0.4) is 0 Å². The number of amides is 1. The minimum Gasteiger partial charge on any atom is -0.481 e. The molecular formula is C19H21FN2O4S. The number of rotatable bonds is 5. The molecule has 2 aromatic carbocycles. The number of hydrogen-bond donors (Lipinski definition) is 1. The molecule has 2 aromatic rings. The summed E-state index contributed by atoms with van der Waals surface area (Å²) >= 11 is 0. The van der Waals surface area contributed by atoms with E-state index in [-0.39, 0.29) is 24.0 Å². The fourth-order valence-electron chi connectivity index (χ4n) is 2.86. The number of ether oxygens (including phenoxy) is 1. The van der Waals surface area contributed by atoms with Crippen LogP contribution in [0, 0.1) is 5.82 Å². The van der Waals surface area contributed by atoms with Crippen molar-refractivity contribution < 1.29 is 22.3 Å². The Morgan fingerprint density at radius 1 is 1.22 bits per heavy atom. The number of sulfonamides is 1. The summed E-state index contributed by atoms with van der Waals surface area (Å²) in [6.07, 6.45) is -0.676. The first-order valence-corrected chi connectivity index (χ1v) is 10.3. The van der Waals surface area contributed by atoms with Gasteiger partial charge in [-0.05, 0) is 49.7 Å². The molecule has 0 aliphatic carbocycles. The van der Waals surface area contributed by atoms with Crippen LogP contribution in [0.15, 0.2) is 42.5 Å². The van der Waals surface area contributed by atoms with Crippen LogP contribution in [0.1, 0.15) is 25.0 Å². The van der Waals surface area contributed by atoms with Crippen LogP contribution in [-0.4, -0.2) is 31.1 Å². The van der Waals surface area contributed by atoms with Gasteiger partial charge in [0.1, 0.15) is 11.6 Å². The Labute approximate surface area is 158 Å². The summed E-state index contributed by atoms with van der Waals surface area (Å²) in [6.45, 7) is 3.79. The molecule has 0 spiro atoms. The molecule has 0 saturated carbocycles. The first kappa shape index (κ1) is 19.2. The first-order valence-electron chi connectivity index (χ1n) is 8.60. The summed E-state index contributed by atoms with van der Waals surface area (Å²) in [5.41, 5.74) is 1.91. The van der Waals surface area contributed by atoms with Crippen molar-refractivity contribution in [3.8, 4) is 5.75 Å². The standard InChI is InChI=1S/C19H21FN2O4S/c1-3-27(24,25)21-17-8-9-18-15(10-17)12-22(19(23)13(2)26-18)11-14-4-6-16(20)7-5-14/h4-10,13,21H,3,11-12H2,1-2H3. The molecule has 6 nitrogen and oxygen atoms in total. The predicted molar refractivity (Wildman–Crippen MR) is 100 cm³/mol. The van der Waals surface area contributed by atoms with Crippen molar-refractivity contribution >= 4 is 21.6 Å². The van der Waals surface area contributed by atoms with Crippen molar-refractivity contribution in [1.82, 2.24) is 4.90 Å². The van der Waals surface area contributed by atoms with Gasteiger partial charge in [-0.25, -0.2) is 12.8 Å². The third-order valence-corrected chi connectivity index (χ3v) is 5.63. The number of carbonyl (C=O) groups is 1.